The lowest BCUT2D eigenvalue weighted by atomic mass is 10.0. The number of rotatable bonds is 11. The van der Waals surface area contributed by atoms with E-state index >= 15 is 0 Å². The summed E-state index contributed by atoms with van der Waals surface area (Å²) in [5.74, 6) is -1.16. The van der Waals surface area contributed by atoms with Gasteiger partial charge in [-0.3, -0.25) is 19.2 Å². The third kappa shape index (κ3) is 8.35. The van der Waals surface area contributed by atoms with E-state index in [1.807, 2.05) is 48.5 Å². The Labute approximate surface area is 290 Å². The molecule has 2 saturated carbocycles. The average molecular weight is 689 g/mol. The van der Waals surface area contributed by atoms with Gasteiger partial charge in [-0.2, -0.15) is 0 Å². The summed E-state index contributed by atoms with van der Waals surface area (Å²) >= 11 is 0. The van der Waals surface area contributed by atoms with E-state index < -0.39 is 24.3 Å². The van der Waals surface area contributed by atoms with Crippen molar-refractivity contribution in [2.45, 2.75) is 50.6 Å². The maximum Gasteiger partial charge on any atom is 0.407 e. The fraction of sp³-hybridized carbons (Fsp3) is 0.500. The van der Waals surface area contributed by atoms with Gasteiger partial charge in [0.05, 0.1) is 26.1 Å². The van der Waals surface area contributed by atoms with Crippen LogP contribution in [0, 0.1) is 23.7 Å². The van der Waals surface area contributed by atoms with Crippen molar-refractivity contribution >= 4 is 47.2 Å². The van der Waals surface area contributed by atoms with Gasteiger partial charge >= 0.3 is 12.2 Å². The molecule has 0 bridgehead atoms. The average Bonchev–Trinajstić information content (AvgIpc) is 4.05. The summed E-state index contributed by atoms with van der Waals surface area (Å²) in [4.78, 5) is 79.1. The van der Waals surface area contributed by atoms with Gasteiger partial charge in [0.25, 0.3) is 0 Å². The highest BCUT2D eigenvalue weighted by molar-refractivity contribution is 5.95. The van der Waals surface area contributed by atoms with E-state index in [4.69, 9.17) is 0 Å². The number of alkyl carbamates (subject to hydrolysis) is 2. The molecular weight excluding hydrogens is 644 g/mol. The van der Waals surface area contributed by atoms with Crippen molar-refractivity contribution in [1.82, 2.24) is 20.4 Å². The number of hydrogen-bond acceptors (Lipinski definition) is 8. The topological polar surface area (TPSA) is 175 Å². The summed E-state index contributed by atoms with van der Waals surface area (Å²) in [7, 11) is 2.53. The van der Waals surface area contributed by atoms with E-state index in [9.17, 15) is 28.8 Å². The van der Waals surface area contributed by atoms with Crippen molar-refractivity contribution in [3.63, 3.8) is 0 Å². The standard InChI is InChI=1S/C36H44N6O8/c1-49-35(47)39-29(23-3-4-23)33(45)41-17-15-25(19-41)31(43)37-27-11-7-21(8-12-27)22-9-13-28(14-10-22)38-32(44)26-16-18-42(20-26)34(46)30(24-5-6-24)40-36(48)50-2/h7-14,23-26,29-30H,3-6,15-20H2,1-2H3,(H,37,43)(H,38,44)(H,39,47)(H,40,48)/t25-,26+,29-,30+. The molecule has 6 rings (SSSR count). The van der Waals surface area contributed by atoms with Gasteiger partial charge in [0.1, 0.15) is 12.1 Å². The number of nitrogens with one attached hydrogen (secondary N) is 4. The van der Waals surface area contributed by atoms with Crippen LogP contribution in [0.5, 0.6) is 0 Å². The van der Waals surface area contributed by atoms with Gasteiger partial charge < -0.3 is 40.5 Å². The molecule has 2 aromatic rings. The molecule has 0 spiro atoms. The summed E-state index contributed by atoms with van der Waals surface area (Å²) in [5.41, 5.74) is 3.14. The van der Waals surface area contributed by atoms with Crippen LogP contribution < -0.4 is 21.3 Å². The monoisotopic (exact) mass is 688 g/mol. The molecule has 14 heteroatoms. The number of nitrogens with zero attached hydrogens (tertiary/aromatic N) is 2. The van der Waals surface area contributed by atoms with Gasteiger partial charge in [-0.05, 0) is 85.8 Å². The molecule has 2 aliphatic heterocycles. The third-order valence-corrected chi connectivity index (χ3v) is 10.0. The molecule has 4 aliphatic rings. The van der Waals surface area contributed by atoms with Crippen LogP contribution in [0.15, 0.2) is 48.5 Å². The summed E-state index contributed by atoms with van der Waals surface area (Å²) in [6.07, 6.45) is 3.32. The van der Waals surface area contributed by atoms with Crippen LogP contribution in [-0.2, 0) is 28.7 Å². The molecule has 0 radical (unpaired) electrons. The Bertz CT molecular complexity index is 1490. The maximum absolute atomic E-state index is 13.1. The predicted molar refractivity (Wildman–Crippen MR) is 183 cm³/mol. The first kappa shape index (κ1) is 34.7. The fourth-order valence-electron chi connectivity index (χ4n) is 6.72. The van der Waals surface area contributed by atoms with Crippen molar-refractivity contribution < 1.29 is 38.2 Å². The molecule has 14 nitrogen and oxygen atoms in total. The second-order valence-corrected chi connectivity index (χ2v) is 13.6. The van der Waals surface area contributed by atoms with E-state index in [2.05, 4.69) is 30.7 Å². The largest absolute Gasteiger partial charge is 0.453 e. The second-order valence-electron chi connectivity index (χ2n) is 13.6. The molecule has 2 aliphatic carbocycles. The molecule has 2 saturated heterocycles. The minimum Gasteiger partial charge on any atom is -0.453 e. The summed E-state index contributed by atoms with van der Waals surface area (Å²) in [5, 5.41) is 11.2. The van der Waals surface area contributed by atoms with Crippen molar-refractivity contribution in [3.05, 3.63) is 48.5 Å². The Morgan fingerprint density at radius 3 is 1.26 bits per heavy atom. The zero-order valence-corrected chi connectivity index (χ0v) is 28.3. The number of carbonyl (C=O) groups excluding carboxylic acids is 6. The van der Waals surface area contributed by atoms with Gasteiger partial charge in [-0.15, -0.1) is 0 Å². The molecule has 266 valence electrons. The lowest BCUT2D eigenvalue weighted by Gasteiger charge is -2.24. The maximum atomic E-state index is 13.1. The quantitative estimate of drug-likeness (QED) is 0.278. The van der Waals surface area contributed by atoms with E-state index in [0.717, 1.165) is 36.8 Å². The minimum absolute atomic E-state index is 0.106. The molecule has 6 amide bonds. The molecule has 2 heterocycles. The number of methoxy groups -OCH3 is 2. The highest BCUT2D eigenvalue weighted by atomic mass is 16.5. The van der Waals surface area contributed by atoms with Gasteiger partial charge in [0, 0.05) is 37.6 Å². The summed E-state index contributed by atoms with van der Waals surface area (Å²) < 4.78 is 9.36. The van der Waals surface area contributed by atoms with Crippen molar-refractivity contribution in [1.29, 1.82) is 0 Å². The highest BCUT2D eigenvalue weighted by Crippen LogP contribution is 2.35. The van der Waals surface area contributed by atoms with Crippen LogP contribution in [0.3, 0.4) is 0 Å². The normalized spacial score (nSPS) is 21.1. The molecule has 4 atom stereocenters. The lowest BCUT2D eigenvalue weighted by Crippen LogP contribution is -2.49. The van der Waals surface area contributed by atoms with Crippen LogP contribution in [0.1, 0.15) is 38.5 Å². The van der Waals surface area contributed by atoms with Crippen molar-refractivity contribution in [2.24, 2.45) is 23.7 Å². The van der Waals surface area contributed by atoms with Gasteiger partial charge in [-0.1, -0.05) is 24.3 Å². The van der Waals surface area contributed by atoms with Crippen molar-refractivity contribution in [2.75, 3.05) is 51.0 Å². The Morgan fingerprint density at radius 1 is 0.580 bits per heavy atom. The van der Waals surface area contributed by atoms with Gasteiger partial charge in [0.2, 0.25) is 23.6 Å². The van der Waals surface area contributed by atoms with E-state index in [-0.39, 0.29) is 47.3 Å². The Hall–Kier alpha value is -5.14. The Kier molecular flexibility index (Phi) is 10.5. The van der Waals surface area contributed by atoms with Crippen LogP contribution >= 0.6 is 0 Å². The molecule has 0 unspecified atom stereocenters. The number of benzene rings is 2. The van der Waals surface area contributed by atoms with E-state index in [1.54, 1.807) is 9.80 Å². The zero-order valence-electron chi connectivity index (χ0n) is 28.3. The highest BCUT2D eigenvalue weighted by Gasteiger charge is 2.43. The number of anilines is 2. The van der Waals surface area contributed by atoms with Crippen LogP contribution in [-0.4, -0.2) is 98.1 Å². The molecular formula is C36H44N6O8. The molecule has 4 N–H and O–H groups in total. The Balaban J connectivity index is 0.965. The van der Waals surface area contributed by atoms with E-state index in [0.29, 0.717) is 50.4 Å². The molecule has 4 fully saturated rings. The van der Waals surface area contributed by atoms with Gasteiger partial charge in [-0.25, -0.2) is 9.59 Å². The van der Waals surface area contributed by atoms with Crippen molar-refractivity contribution in [3.8, 4) is 11.1 Å². The third-order valence-electron chi connectivity index (χ3n) is 10.0. The minimum atomic E-state index is -0.632. The lowest BCUT2D eigenvalue weighted by molar-refractivity contribution is -0.134. The SMILES string of the molecule is COC(=O)N[C@H](C(=O)N1CC[C@H](C(=O)Nc2ccc(-c3ccc(NC(=O)[C@@H]4CCN(C(=O)[C@H](NC(=O)OC)C5CC5)C4)cc3)cc2)C1)C1CC1. The van der Waals surface area contributed by atoms with Gasteiger partial charge in [0.15, 0.2) is 0 Å². The number of likely N-dealkylation sites (tertiary alicyclic amines) is 2. The summed E-state index contributed by atoms with van der Waals surface area (Å²) in [6.45, 7) is 1.50. The van der Waals surface area contributed by atoms with E-state index in [1.165, 1.54) is 14.2 Å². The Morgan fingerprint density at radius 2 is 0.940 bits per heavy atom. The second kappa shape index (κ2) is 15.2. The molecule has 2 aromatic carbocycles. The van der Waals surface area contributed by atoms with Crippen LogP contribution in [0.4, 0.5) is 21.0 Å². The number of ether oxygens (including phenoxy) is 2. The van der Waals surface area contributed by atoms with Crippen LogP contribution in [0.25, 0.3) is 11.1 Å². The summed E-state index contributed by atoms with van der Waals surface area (Å²) in [6, 6.07) is 13.7. The number of amides is 6. The number of carbonyl (C=O) groups is 6. The first-order valence-corrected chi connectivity index (χ1v) is 17.2. The predicted octanol–water partition coefficient (Wildman–Crippen LogP) is 3.20. The zero-order chi connectivity index (χ0) is 35.4. The smallest absolute Gasteiger partial charge is 0.407 e. The first-order chi connectivity index (χ1) is 24.1. The first-order valence-electron chi connectivity index (χ1n) is 17.2. The van der Waals surface area contributed by atoms with Crippen LogP contribution in [0.2, 0.25) is 0 Å². The molecule has 0 aromatic heterocycles. The number of hydrogen-bond donors (Lipinski definition) is 4. The molecule has 50 heavy (non-hydrogen) atoms. The fourth-order valence-corrected chi connectivity index (χ4v) is 6.72.